The van der Waals surface area contributed by atoms with Gasteiger partial charge < -0.3 is 10.2 Å². The van der Waals surface area contributed by atoms with Gasteiger partial charge in [0, 0.05) is 44.3 Å². The lowest BCUT2D eigenvalue weighted by molar-refractivity contribution is -0.122. The van der Waals surface area contributed by atoms with E-state index in [9.17, 15) is 9.59 Å². The molecule has 0 unspecified atom stereocenters. The number of piperazine rings is 1. The Hall–Kier alpha value is -2.18. The number of pyridine rings is 1. The van der Waals surface area contributed by atoms with E-state index in [0.29, 0.717) is 55.4 Å². The lowest BCUT2D eigenvalue weighted by atomic mass is 10.1. The fraction of sp³-hybridized carbons (Fsp3) is 0.389. The largest absolute Gasteiger partial charge is 0.355 e. The topological polar surface area (TPSA) is 65.5 Å². The summed E-state index contributed by atoms with van der Waals surface area (Å²) in [5, 5.41) is 4.17. The highest BCUT2D eigenvalue weighted by molar-refractivity contribution is 6.36. The molecule has 6 nitrogen and oxygen atoms in total. The summed E-state index contributed by atoms with van der Waals surface area (Å²) in [5.74, 6) is -0.0202. The molecule has 1 fully saturated rings. The third-order valence-electron chi connectivity index (χ3n) is 4.35. The first-order valence-corrected chi connectivity index (χ1v) is 8.79. The molecule has 0 aliphatic carbocycles. The van der Waals surface area contributed by atoms with Crippen molar-refractivity contribution in [2.45, 2.75) is 6.92 Å². The summed E-state index contributed by atoms with van der Waals surface area (Å²) in [6.07, 6.45) is 1.67. The van der Waals surface area contributed by atoms with E-state index in [1.807, 2.05) is 24.0 Å². The molecule has 1 aromatic heterocycles. The molecule has 1 aromatic carbocycles. The minimum Gasteiger partial charge on any atom is -0.355 e. The van der Waals surface area contributed by atoms with Crippen LogP contribution in [0.15, 0.2) is 30.5 Å². The summed E-state index contributed by atoms with van der Waals surface area (Å²) in [6.45, 7) is 5.46. The number of hydrogen-bond acceptors (Lipinski definition) is 4. The number of rotatable bonds is 4. The highest BCUT2D eigenvalue weighted by Crippen LogP contribution is 2.25. The van der Waals surface area contributed by atoms with Gasteiger partial charge >= 0.3 is 0 Å². The molecule has 0 atom stereocenters. The summed E-state index contributed by atoms with van der Waals surface area (Å²) in [4.78, 5) is 32.8. The Morgan fingerprint density at radius 3 is 2.68 bits per heavy atom. The number of halogens is 1. The van der Waals surface area contributed by atoms with Crippen LogP contribution in [0.2, 0.25) is 5.02 Å². The number of carbonyl (C=O) groups is 2. The molecule has 0 radical (unpaired) electrons. The van der Waals surface area contributed by atoms with Crippen molar-refractivity contribution < 1.29 is 9.59 Å². The van der Waals surface area contributed by atoms with E-state index < -0.39 is 0 Å². The van der Waals surface area contributed by atoms with E-state index in [1.165, 1.54) is 0 Å². The summed E-state index contributed by atoms with van der Waals surface area (Å²) >= 11 is 6.20. The molecular formula is C18H21ClN4O2. The van der Waals surface area contributed by atoms with Crippen molar-refractivity contribution in [2.24, 2.45) is 0 Å². The predicted octanol–water partition coefficient (Wildman–Crippen LogP) is 1.78. The maximum atomic E-state index is 12.9. The molecule has 1 N–H and O–H groups in total. The van der Waals surface area contributed by atoms with Crippen LogP contribution in [-0.4, -0.2) is 65.9 Å². The first-order chi connectivity index (χ1) is 12.1. The van der Waals surface area contributed by atoms with E-state index in [0.717, 1.165) is 5.39 Å². The van der Waals surface area contributed by atoms with Gasteiger partial charge in [-0.05, 0) is 31.2 Å². The molecule has 1 aliphatic heterocycles. The maximum Gasteiger partial charge on any atom is 0.256 e. The Morgan fingerprint density at radius 1 is 1.20 bits per heavy atom. The molecule has 7 heteroatoms. The molecule has 3 rings (SSSR count). The molecule has 2 amide bonds. The molecule has 2 heterocycles. The molecule has 0 saturated carbocycles. The fourth-order valence-electron chi connectivity index (χ4n) is 3.05. The van der Waals surface area contributed by atoms with Crippen molar-refractivity contribution in [3.63, 3.8) is 0 Å². The highest BCUT2D eigenvalue weighted by atomic mass is 35.5. The van der Waals surface area contributed by atoms with Crippen molar-refractivity contribution in [3.8, 4) is 0 Å². The van der Waals surface area contributed by atoms with Gasteiger partial charge in [-0.2, -0.15) is 0 Å². The number of hydrogen-bond donors (Lipinski definition) is 1. The minimum atomic E-state index is -0.0435. The summed E-state index contributed by atoms with van der Waals surface area (Å²) in [5.41, 5.74) is 1.20. The van der Waals surface area contributed by atoms with Crippen molar-refractivity contribution in [1.82, 2.24) is 20.1 Å². The Bertz CT molecular complexity index is 788. The van der Waals surface area contributed by atoms with Gasteiger partial charge in [0.2, 0.25) is 5.91 Å². The third kappa shape index (κ3) is 3.91. The Morgan fingerprint density at radius 2 is 1.96 bits per heavy atom. The van der Waals surface area contributed by atoms with Crippen LogP contribution in [0.1, 0.15) is 17.3 Å². The quantitative estimate of drug-likeness (QED) is 0.902. The second-order valence-electron chi connectivity index (χ2n) is 6.02. The molecule has 25 heavy (non-hydrogen) atoms. The van der Waals surface area contributed by atoms with Gasteiger partial charge in [0.05, 0.1) is 22.6 Å². The predicted molar refractivity (Wildman–Crippen MR) is 97.8 cm³/mol. The zero-order chi connectivity index (χ0) is 17.8. The van der Waals surface area contributed by atoms with Crippen LogP contribution < -0.4 is 5.32 Å². The van der Waals surface area contributed by atoms with Crippen LogP contribution in [0.25, 0.3) is 10.9 Å². The van der Waals surface area contributed by atoms with Gasteiger partial charge in [-0.15, -0.1) is 0 Å². The van der Waals surface area contributed by atoms with Crippen molar-refractivity contribution in [3.05, 3.63) is 41.0 Å². The van der Waals surface area contributed by atoms with Crippen LogP contribution in [0.5, 0.6) is 0 Å². The summed E-state index contributed by atoms with van der Waals surface area (Å²) in [7, 11) is 0. The second kappa shape index (κ2) is 7.80. The number of nitrogens with zero attached hydrogens (tertiary/aromatic N) is 3. The Balaban J connectivity index is 1.69. The summed E-state index contributed by atoms with van der Waals surface area (Å²) < 4.78 is 0. The number of carbonyl (C=O) groups excluding carboxylic acids is 2. The molecular weight excluding hydrogens is 340 g/mol. The Kier molecular flexibility index (Phi) is 5.50. The monoisotopic (exact) mass is 360 g/mol. The SMILES string of the molecule is CCNC(=O)CN1CCN(C(=O)c2ccc(Cl)c3cccnc23)CC1. The molecule has 0 spiro atoms. The van der Waals surface area contributed by atoms with E-state index in [2.05, 4.69) is 15.2 Å². The number of likely N-dealkylation sites (N-methyl/N-ethyl adjacent to an activating group) is 1. The average Bonchev–Trinajstić information content (AvgIpc) is 2.63. The van der Waals surface area contributed by atoms with E-state index >= 15 is 0 Å². The first-order valence-electron chi connectivity index (χ1n) is 8.41. The zero-order valence-electron chi connectivity index (χ0n) is 14.2. The molecule has 0 bridgehead atoms. The number of amides is 2. The average molecular weight is 361 g/mol. The van der Waals surface area contributed by atoms with Gasteiger partial charge in [-0.1, -0.05) is 11.6 Å². The molecule has 1 saturated heterocycles. The first kappa shape index (κ1) is 17.6. The van der Waals surface area contributed by atoms with E-state index in [4.69, 9.17) is 11.6 Å². The molecule has 132 valence electrons. The smallest absolute Gasteiger partial charge is 0.256 e. The molecule has 2 aromatic rings. The number of aromatic nitrogens is 1. The van der Waals surface area contributed by atoms with E-state index in [1.54, 1.807) is 18.3 Å². The second-order valence-corrected chi connectivity index (χ2v) is 6.42. The normalized spacial score (nSPS) is 15.4. The lowest BCUT2D eigenvalue weighted by Gasteiger charge is -2.34. The molecule has 1 aliphatic rings. The third-order valence-corrected chi connectivity index (χ3v) is 4.68. The van der Waals surface area contributed by atoms with Gasteiger partial charge in [-0.3, -0.25) is 19.5 Å². The van der Waals surface area contributed by atoms with Gasteiger partial charge in [0.25, 0.3) is 5.91 Å². The van der Waals surface area contributed by atoms with Crippen LogP contribution in [-0.2, 0) is 4.79 Å². The van der Waals surface area contributed by atoms with Gasteiger partial charge in [0.1, 0.15) is 0 Å². The van der Waals surface area contributed by atoms with Gasteiger partial charge in [0.15, 0.2) is 0 Å². The standard InChI is InChI=1S/C18H21ClN4O2/c1-2-20-16(24)12-22-8-10-23(11-9-22)18(25)14-5-6-15(19)13-4-3-7-21-17(13)14/h3-7H,2,8-12H2,1H3,(H,20,24). The maximum absolute atomic E-state index is 12.9. The van der Waals surface area contributed by atoms with Crippen molar-refractivity contribution >= 4 is 34.3 Å². The van der Waals surface area contributed by atoms with Crippen LogP contribution in [0, 0.1) is 0 Å². The number of nitrogens with one attached hydrogen (secondary N) is 1. The van der Waals surface area contributed by atoms with E-state index in [-0.39, 0.29) is 11.8 Å². The number of fused-ring (bicyclic) bond motifs is 1. The van der Waals surface area contributed by atoms with Crippen LogP contribution in [0.3, 0.4) is 0 Å². The highest BCUT2D eigenvalue weighted by Gasteiger charge is 2.24. The van der Waals surface area contributed by atoms with Gasteiger partial charge in [-0.25, -0.2) is 0 Å². The lowest BCUT2D eigenvalue weighted by Crippen LogP contribution is -2.51. The summed E-state index contributed by atoms with van der Waals surface area (Å²) in [6, 6.07) is 7.15. The van der Waals surface area contributed by atoms with Crippen molar-refractivity contribution in [2.75, 3.05) is 39.3 Å². The Labute approximate surface area is 151 Å². The zero-order valence-corrected chi connectivity index (χ0v) is 14.9. The fourth-order valence-corrected chi connectivity index (χ4v) is 3.26. The minimum absolute atomic E-state index is 0.0233. The van der Waals surface area contributed by atoms with Crippen LogP contribution >= 0.6 is 11.6 Å². The van der Waals surface area contributed by atoms with Crippen molar-refractivity contribution in [1.29, 1.82) is 0 Å². The number of benzene rings is 1. The van der Waals surface area contributed by atoms with Crippen LogP contribution in [0.4, 0.5) is 0 Å².